The van der Waals surface area contributed by atoms with Crippen molar-refractivity contribution in [1.29, 1.82) is 0 Å². The van der Waals surface area contributed by atoms with Crippen molar-refractivity contribution in [2.75, 3.05) is 18.8 Å². The zero-order valence-electron chi connectivity index (χ0n) is 19.1. The van der Waals surface area contributed by atoms with E-state index in [0.717, 1.165) is 58.2 Å². The molecule has 1 aliphatic carbocycles. The number of rotatable bonds is 9. The summed E-state index contributed by atoms with van der Waals surface area (Å²) >= 11 is 1.47. The van der Waals surface area contributed by atoms with Gasteiger partial charge >= 0.3 is 0 Å². The maximum atomic E-state index is 13.0. The lowest BCUT2D eigenvalue weighted by Crippen LogP contribution is -2.35. The Kier molecular flexibility index (Phi) is 6.22. The number of aromatic amines is 1. The third kappa shape index (κ3) is 4.55. The van der Waals surface area contributed by atoms with Crippen LogP contribution < -0.4 is 0 Å². The van der Waals surface area contributed by atoms with Gasteiger partial charge in [-0.1, -0.05) is 55.1 Å². The maximum absolute atomic E-state index is 13.0. The molecule has 2 aromatic carbocycles. The van der Waals surface area contributed by atoms with E-state index >= 15 is 0 Å². The van der Waals surface area contributed by atoms with E-state index in [9.17, 15) is 4.79 Å². The molecule has 170 valence electrons. The second-order valence-corrected chi connectivity index (χ2v) is 9.69. The Morgan fingerprint density at radius 1 is 1.15 bits per heavy atom. The van der Waals surface area contributed by atoms with Gasteiger partial charge in [-0.15, -0.1) is 10.2 Å². The number of carbonyl (C=O) groups is 1. The van der Waals surface area contributed by atoms with Crippen molar-refractivity contribution in [2.24, 2.45) is 5.92 Å². The van der Waals surface area contributed by atoms with Crippen LogP contribution >= 0.6 is 11.8 Å². The largest absolute Gasteiger partial charge is 0.360 e. The van der Waals surface area contributed by atoms with E-state index in [0.29, 0.717) is 11.7 Å². The summed E-state index contributed by atoms with van der Waals surface area (Å²) in [6.45, 7) is 5.93. The number of benzene rings is 2. The molecule has 5 rings (SSSR count). The molecule has 0 radical (unpaired) electrons. The summed E-state index contributed by atoms with van der Waals surface area (Å²) in [5.74, 6) is 2.02. The number of para-hydroxylation sites is 2. The van der Waals surface area contributed by atoms with Gasteiger partial charge in [0.25, 0.3) is 0 Å². The lowest BCUT2D eigenvalue weighted by atomic mass is 10.1. The van der Waals surface area contributed by atoms with Crippen molar-refractivity contribution in [3.05, 3.63) is 60.3 Å². The molecule has 0 saturated heterocycles. The van der Waals surface area contributed by atoms with E-state index in [2.05, 4.69) is 57.9 Å². The Balaban J connectivity index is 1.49. The summed E-state index contributed by atoms with van der Waals surface area (Å²) < 4.78 is 2.09. The van der Waals surface area contributed by atoms with Crippen LogP contribution in [0.5, 0.6) is 0 Å². The summed E-state index contributed by atoms with van der Waals surface area (Å²) in [5, 5.41) is 11.0. The van der Waals surface area contributed by atoms with E-state index in [1.165, 1.54) is 24.6 Å². The number of H-pyrrole nitrogens is 1. The van der Waals surface area contributed by atoms with Crippen LogP contribution in [0.25, 0.3) is 28.0 Å². The van der Waals surface area contributed by atoms with Gasteiger partial charge < -0.3 is 9.88 Å². The van der Waals surface area contributed by atoms with Gasteiger partial charge in [0.2, 0.25) is 5.91 Å². The first-order chi connectivity index (χ1) is 16.2. The molecule has 1 fully saturated rings. The van der Waals surface area contributed by atoms with Crippen LogP contribution in [0, 0.1) is 12.8 Å². The van der Waals surface area contributed by atoms with E-state index < -0.39 is 0 Å². The van der Waals surface area contributed by atoms with E-state index in [4.69, 9.17) is 0 Å². The number of hydrogen-bond donors (Lipinski definition) is 1. The van der Waals surface area contributed by atoms with Crippen LogP contribution in [0.2, 0.25) is 0 Å². The van der Waals surface area contributed by atoms with Crippen molar-refractivity contribution >= 4 is 28.6 Å². The number of hydrogen-bond acceptors (Lipinski definition) is 4. The highest BCUT2D eigenvalue weighted by Crippen LogP contribution is 2.34. The number of thioether (sulfide) groups is 1. The fourth-order valence-corrected chi connectivity index (χ4v) is 5.09. The third-order valence-electron chi connectivity index (χ3n) is 6.17. The molecule has 1 amide bonds. The molecule has 0 spiro atoms. The summed E-state index contributed by atoms with van der Waals surface area (Å²) in [4.78, 5) is 18.4. The lowest BCUT2D eigenvalue weighted by molar-refractivity contribution is -0.128. The Bertz CT molecular complexity index is 1270. The molecule has 2 aromatic heterocycles. The minimum atomic E-state index is 0.182. The lowest BCUT2D eigenvalue weighted by Gasteiger charge is -2.22. The zero-order valence-corrected chi connectivity index (χ0v) is 19.9. The molecule has 1 aliphatic rings. The number of aromatic nitrogens is 4. The van der Waals surface area contributed by atoms with Gasteiger partial charge in [0.05, 0.1) is 11.4 Å². The molecule has 33 heavy (non-hydrogen) atoms. The van der Waals surface area contributed by atoms with Gasteiger partial charge in [-0.2, -0.15) is 0 Å². The third-order valence-corrected chi connectivity index (χ3v) is 7.08. The van der Waals surface area contributed by atoms with Crippen LogP contribution in [-0.2, 0) is 4.79 Å². The first-order valence-corrected chi connectivity index (χ1v) is 12.6. The Morgan fingerprint density at radius 2 is 1.94 bits per heavy atom. The first kappa shape index (κ1) is 21.8. The smallest absolute Gasteiger partial charge is 0.233 e. The number of amides is 1. The van der Waals surface area contributed by atoms with Gasteiger partial charge in [-0.3, -0.25) is 9.36 Å². The SMILES string of the molecule is CCCN(CC1CC1)C(=O)CSc1nnc(-c2c[nH]c3ccccc23)n1-c1ccccc1C. The molecule has 6 nitrogen and oxygen atoms in total. The van der Waals surface area contributed by atoms with Crippen LogP contribution in [0.4, 0.5) is 0 Å². The highest BCUT2D eigenvalue weighted by molar-refractivity contribution is 7.99. The van der Waals surface area contributed by atoms with E-state index in [-0.39, 0.29) is 5.91 Å². The molecular weight excluding hydrogens is 430 g/mol. The molecule has 2 heterocycles. The van der Waals surface area contributed by atoms with Crippen LogP contribution in [0.3, 0.4) is 0 Å². The van der Waals surface area contributed by atoms with Crippen molar-refractivity contribution < 1.29 is 4.79 Å². The summed E-state index contributed by atoms with van der Waals surface area (Å²) in [5.41, 5.74) is 4.22. The zero-order chi connectivity index (χ0) is 22.8. The molecule has 0 aliphatic heterocycles. The predicted octanol–water partition coefficient (Wildman–Crippen LogP) is 5.46. The number of fused-ring (bicyclic) bond motifs is 1. The van der Waals surface area contributed by atoms with Gasteiger partial charge in [-0.25, -0.2) is 0 Å². The quantitative estimate of drug-likeness (QED) is 0.337. The highest BCUT2D eigenvalue weighted by atomic mass is 32.2. The fourth-order valence-electron chi connectivity index (χ4n) is 4.24. The van der Waals surface area contributed by atoms with Crippen LogP contribution in [0.1, 0.15) is 31.7 Å². The average molecular weight is 460 g/mol. The number of aryl methyl sites for hydroxylation is 1. The normalized spacial score (nSPS) is 13.5. The van der Waals surface area contributed by atoms with Crippen LogP contribution in [-0.4, -0.2) is 49.4 Å². The Hall–Kier alpha value is -3.06. The van der Waals surface area contributed by atoms with E-state index in [1.807, 2.05) is 35.4 Å². The molecule has 7 heteroatoms. The minimum absolute atomic E-state index is 0.182. The molecule has 0 atom stereocenters. The predicted molar refractivity (Wildman–Crippen MR) is 134 cm³/mol. The monoisotopic (exact) mass is 459 g/mol. The Labute approximate surface area is 198 Å². The van der Waals surface area contributed by atoms with Gasteiger partial charge in [-0.05, 0) is 49.8 Å². The second kappa shape index (κ2) is 9.43. The topological polar surface area (TPSA) is 66.8 Å². The van der Waals surface area contributed by atoms with Gasteiger partial charge in [0.1, 0.15) is 0 Å². The molecule has 0 bridgehead atoms. The highest BCUT2D eigenvalue weighted by Gasteiger charge is 2.27. The summed E-state index contributed by atoms with van der Waals surface area (Å²) in [7, 11) is 0. The molecular formula is C26H29N5OS. The molecule has 1 N–H and O–H groups in total. The number of nitrogens with zero attached hydrogens (tertiary/aromatic N) is 4. The van der Waals surface area contributed by atoms with Gasteiger partial charge in [0, 0.05) is 35.8 Å². The number of nitrogens with one attached hydrogen (secondary N) is 1. The van der Waals surface area contributed by atoms with Crippen molar-refractivity contribution in [3.63, 3.8) is 0 Å². The molecule has 0 unspecified atom stereocenters. The number of carbonyl (C=O) groups excluding carboxylic acids is 1. The standard InChI is InChI=1S/C26H29N5OS/c1-3-14-30(16-19-12-13-19)24(32)17-33-26-29-28-25(31(26)23-11-7-4-8-18(23)2)21-15-27-22-10-6-5-9-20(21)22/h4-11,15,19,27H,3,12-14,16-17H2,1-2H3. The van der Waals surface area contributed by atoms with Crippen molar-refractivity contribution in [1.82, 2.24) is 24.6 Å². The fraction of sp³-hybridized carbons (Fsp3) is 0.346. The first-order valence-electron chi connectivity index (χ1n) is 11.6. The van der Waals surface area contributed by atoms with E-state index in [1.54, 1.807) is 0 Å². The summed E-state index contributed by atoms with van der Waals surface area (Å²) in [6, 6.07) is 16.4. The Morgan fingerprint density at radius 3 is 2.73 bits per heavy atom. The maximum Gasteiger partial charge on any atom is 0.233 e. The molecule has 1 saturated carbocycles. The van der Waals surface area contributed by atoms with Crippen molar-refractivity contribution in [3.8, 4) is 17.1 Å². The average Bonchev–Trinajstić information content (AvgIpc) is 3.40. The molecule has 4 aromatic rings. The second-order valence-electron chi connectivity index (χ2n) is 8.75. The minimum Gasteiger partial charge on any atom is -0.360 e. The van der Waals surface area contributed by atoms with Gasteiger partial charge in [0.15, 0.2) is 11.0 Å². The van der Waals surface area contributed by atoms with Crippen molar-refractivity contribution in [2.45, 2.75) is 38.3 Å². The summed E-state index contributed by atoms with van der Waals surface area (Å²) in [6.07, 6.45) is 5.46. The van der Waals surface area contributed by atoms with Crippen LogP contribution in [0.15, 0.2) is 59.9 Å².